The van der Waals surface area contributed by atoms with Crippen molar-refractivity contribution in [3.05, 3.63) is 47.3 Å². The maximum absolute atomic E-state index is 11.3. The van der Waals surface area contributed by atoms with Gasteiger partial charge < -0.3 is 4.74 Å². The highest BCUT2D eigenvalue weighted by Gasteiger charge is 2.17. The normalized spacial score (nSPS) is 18.3. The molecule has 0 amide bonds. The van der Waals surface area contributed by atoms with Crippen molar-refractivity contribution >= 4 is 5.97 Å². The van der Waals surface area contributed by atoms with Gasteiger partial charge in [0.25, 0.3) is 0 Å². The zero-order valence-electron chi connectivity index (χ0n) is 8.30. The lowest BCUT2D eigenvalue weighted by atomic mass is 9.97. The van der Waals surface area contributed by atoms with Gasteiger partial charge in [-0.15, -0.1) is 0 Å². The van der Waals surface area contributed by atoms with E-state index < -0.39 is 0 Å². The van der Waals surface area contributed by atoms with E-state index in [9.17, 15) is 4.79 Å². The van der Waals surface area contributed by atoms with Crippen LogP contribution in [0.3, 0.4) is 0 Å². The van der Waals surface area contributed by atoms with Crippen molar-refractivity contribution in [1.29, 1.82) is 0 Å². The van der Waals surface area contributed by atoms with Crippen LogP contribution in [0.15, 0.2) is 57.6 Å². The third-order valence-corrected chi connectivity index (χ3v) is 2.22. The third kappa shape index (κ3) is 1.93. The van der Waals surface area contributed by atoms with E-state index >= 15 is 0 Å². The van der Waals surface area contributed by atoms with E-state index in [4.69, 9.17) is 0 Å². The highest BCUT2D eigenvalue weighted by Crippen LogP contribution is 2.27. The van der Waals surface area contributed by atoms with Gasteiger partial charge in [-0.1, -0.05) is 6.08 Å². The molecule has 0 radical (unpaired) electrons. The lowest BCUT2D eigenvalue weighted by Crippen LogP contribution is -2.08. The van der Waals surface area contributed by atoms with Gasteiger partial charge in [-0.25, -0.2) is 4.79 Å². The first-order valence-electron chi connectivity index (χ1n) is 4.57. The molecule has 0 unspecified atom stereocenters. The second-order valence-electron chi connectivity index (χ2n) is 3.16. The van der Waals surface area contributed by atoms with E-state index in [0.717, 1.165) is 11.3 Å². The summed E-state index contributed by atoms with van der Waals surface area (Å²) in [4.78, 5) is 11.3. The molecule has 1 aliphatic carbocycles. The van der Waals surface area contributed by atoms with Gasteiger partial charge in [0.05, 0.1) is 12.8 Å². The maximum Gasteiger partial charge on any atom is 0.334 e. The number of hydrogen-bond acceptors (Lipinski definition) is 4. The molecule has 0 spiro atoms. The molecule has 4 heteroatoms. The minimum Gasteiger partial charge on any atom is -0.466 e. The van der Waals surface area contributed by atoms with Gasteiger partial charge >= 0.3 is 5.97 Å². The summed E-state index contributed by atoms with van der Waals surface area (Å²) < 4.78 is 4.66. The molecule has 0 aromatic rings. The zero-order chi connectivity index (χ0) is 10.7. The summed E-state index contributed by atoms with van der Waals surface area (Å²) in [5.41, 5.74) is 2.42. The average molecular weight is 202 g/mol. The predicted molar refractivity (Wildman–Crippen MR) is 54.9 cm³/mol. The van der Waals surface area contributed by atoms with Crippen LogP contribution in [0.25, 0.3) is 0 Å². The van der Waals surface area contributed by atoms with Gasteiger partial charge in [0.15, 0.2) is 0 Å². The number of nitrogens with zero attached hydrogens (tertiary/aromatic N) is 2. The summed E-state index contributed by atoms with van der Waals surface area (Å²) in [7, 11) is 1.38. The van der Waals surface area contributed by atoms with Crippen molar-refractivity contribution in [1.82, 2.24) is 0 Å². The first-order chi connectivity index (χ1) is 7.31. The van der Waals surface area contributed by atoms with Gasteiger partial charge in [0.2, 0.25) is 0 Å². The Balaban J connectivity index is 2.32. The molecule has 1 heterocycles. The first kappa shape index (κ1) is 9.58. The van der Waals surface area contributed by atoms with Crippen LogP contribution < -0.4 is 0 Å². The van der Waals surface area contributed by atoms with Crippen molar-refractivity contribution in [3.63, 3.8) is 0 Å². The van der Waals surface area contributed by atoms with E-state index in [1.807, 2.05) is 6.08 Å². The lowest BCUT2D eigenvalue weighted by Gasteiger charge is -2.12. The molecule has 1 aliphatic heterocycles. The van der Waals surface area contributed by atoms with E-state index in [2.05, 4.69) is 15.0 Å². The number of esters is 1. The Morgan fingerprint density at radius 2 is 2.27 bits per heavy atom. The number of hydrogen-bond donors (Lipinski definition) is 0. The van der Waals surface area contributed by atoms with Crippen LogP contribution in [0, 0.1) is 0 Å². The van der Waals surface area contributed by atoms with E-state index in [1.54, 1.807) is 24.4 Å². The summed E-state index contributed by atoms with van der Waals surface area (Å²) in [6.45, 7) is 0. The second kappa shape index (κ2) is 4.04. The maximum atomic E-state index is 11.3. The Hall–Kier alpha value is -1.97. The van der Waals surface area contributed by atoms with Gasteiger partial charge in [0.1, 0.15) is 0 Å². The van der Waals surface area contributed by atoms with E-state index in [0.29, 0.717) is 12.0 Å². The molecule has 0 bridgehead atoms. The highest BCUT2D eigenvalue weighted by molar-refractivity contribution is 5.90. The quantitative estimate of drug-likeness (QED) is 0.612. The molecule has 0 fully saturated rings. The van der Waals surface area contributed by atoms with Gasteiger partial charge in [-0.05, 0) is 23.8 Å². The molecular weight excluding hydrogens is 192 g/mol. The van der Waals surface area contributed by atoms with Gasteiger partial charge in [0, 0.05) is 18.2 Å². The number of methoxy groups -OCH3 is 1. The minimum absolute atomic E-state index is 0.295. The molecule has 2 aliphatic rings. The number of ether oxygens (including phenoxy) is 1. The van der Waals surface area contributed by atoms with Gasteiger partial charge in [-0.3, -0.25) is 0 Å². The number of fused-ring (bicyclic) bond motifs is 1. The van der Waals surface area contributed by atoms with E-state index in [-0.39, 0.29) is 5.97 Å². The fourth-order valence-electron chi connectivity index (χ4n) is 1.45. The van der Waals surface area contributed by atoms with E-state index in [1.165, 1.54) is 7.11 Å². The fraction of sp³-hybridized carbons (Fsp3) is 0.182. The van der Waals surface area contributed by atoms with Crippen LogP contribution in [-0.2, 0) is 9.53 Å². The summed E-state index contributed by atoms with van der Waals surface area (Å²) in [5, 5.41) is 7.82. The second-order valence-corrected chi connectivity index (χ2v) is 3.16. The van der Waals surface area contributed by atoms with Gasteiger partial charge in [-0.2, -0.15) is 10.2 Å². The Morgan fingerprint density at radius 1 is 1.40 bits per heavy atom. The van der Waals surface area contributed by atoms with Crippen molar-refractivity contribution < 1.29 is 9.53 Å². The molecule has 0 saturated heterocycles. The minimum atomic E-state index is -0.295. The summed E-state index contributed by atoms with van der Waals surface area (Å²) in [6.07, 6.45) is 9.37. The van der Waals surface area contributed by atoms with Crippen molar-refractivity contribution in [2.24, 2.45) is 10.2 Å². The Bertz CT molecular complexity index is 440. The summed E-state index contributed by atoms with van der Waals surface area (Å²) >= 11 is 0. The topological polar surface area (TPSA) is 51.0 Å². The SMILES string of the molecule is COC(=O)C1=CC=C2N=NC=CC=C2C1. The first-order valence-corrected chi connectivity index (χ1v) is 4.57. The fourth-order valence-corrected chi connectivity index (χ4v) is 1.45. The lowest BCUT2D eigenvalue weighted by molar-refractivity contribution is -0.136. The Kier molecular flexibility index (Phi) is 2.58. The molecule has 0 aromatic carbocycles. The number of carbonyl (C=O) groups is 1. The van der Waals surface area contributed by atoms with Crippen LogP contribution in [0.4, 0.5) is 0 Å². The molecular formula is C11H10N2O2. The largest absolute Gasteiger partial charge is 0.466 e. The molecule has 0 atom stereocenters. The van der Waals surface area contributed by atoms with Crippen molar-refractivity contribution in [2.75, 3.05) is 7.11 Å². The standard InChI is InChI=1S/C11H10N2O2/c1-15-11(14)9-4-5-10-8(7-9)3-2-6-12-13-10/h2-6H,7H2,1H3. The average Bonchev–Trinajstić information content (AvgIpc) is 2.51. The smallest absolute Gasteiger partial charge is 0.334 e. The Labute approximate surface area is 87.3 Å². The monoisotopic (exact) mass is 202 g/mol. The Morgan fingerprint density at radius 3 is 3.07 bits per heavy atom. The summed E-state index contributed by atoms with van der Waals surface area (Å²) in [5.74, 6) is -0.295. The van der Waals surface area contributed by atoms with Crippen LogP contribution in [0.1, 0.15) is 6.42 Å². The zero-order valence-corrected chi connectivity index (χ0v) is 8.30. The molecule has 2 rings (SSSR count). The van der Waals surface area contributed by atoms with Crippen LogP contribution in [0.5, 0.6) is 0 Å². The third-order valence-electron chi connectivity index (χ3n) is 2.22. The summed E-state index contributed by atoms with van der Waals surface area (Å²) in [6, 6.07) is 0. The van der Waals surface area contributed by atoms with Crippen LogP contribution in [-0.4, -0.2) is 13.1 Å². The molecule has 15 heavy (non-hydrogen) atoms. The molecule has 0 aromatic heterocycles. The molecule has 0 saturated carbocycles. The number of carbonyl (C=O) groups excluding carboxylic acids is 1. The van der Waals surface area contributed by atoms with Crippen molar-refractivity contribution in [3.8, 4) is 0 Å². The molecule has 4 nitrogen and oxygen atoms in total. The van der Waals surface area contributed by atoms with Crippen LogP contribution in [0.2, 0.25) is 0 Å². The van der Waals surface area contributed by atoms with Crippen LogP contribution >= 0.6 is 0 Å². The number of rotatable bonds is 1. The molecule has 0 N–H and O–H groups in total. The highest BCUT2D eigenvalue weighted by atomic mass is 16.5. The van der Waals surface area contributed by atoms with Crippen molar-refractivity contribution in [2.45, 2.75) is 6.42 Å². The number of allylic oxidation sites excluding steroid dienone is 5. The number of azo groups is 1. The molecule has 76 valence electrons. The predicted octanol–water partition coefficient (Wildman–Crippen LogP) is 2.28.